The Bertz CT molecular complexity index is 1510. The minimum absolute atomic E-state index is 0.0298. The Kier molecular flexibility index (Phi) is 5.39. The lowest BCUT2D eigenvalue weighted by molar-refractivity contribution is -0.194. The number of amides is 2. The van der Waals surface area contributed by atoms with E-state index >= 15 is 0 Å². The number of aryl methyl sites for hydroxylation is 1. The quantitative estimate of drug-likeness (QED) is 0.332. The van der Waals surface area contributed by atoms with Gasteiger partial charge in [-0.15, -0.1) is 0 Å². The van der Waals surface area contributed by atoms with Crippen molar-refractivity contribution in [1.29, 1.82) is 0 Å². The summed E-state index contributed by atoms with van der Waals surface area (Å²) in [5.74, 6) is -0.836. The molecule has 5 aliphatic carbocycles. The number of carbonyl (C=O) groups excluding carboxylic acids is 2. The molecule has 2 bridgehead atoms. The molecule has 8 rings (SSSR count). The highest BCUT2D eigenvalue weighted by Gasteiger charge is 2.73. The number of aliphatic carboxylic acids is 1. The summed E-state index contributed by atoms with van der Waals surface area (Å²) in [6.45, 7) is 10.7. The Balaban J connectivity index is 1.40. The molecule has 1 saturated heterocycles. The molecule has 40 heavy (non-hydrogen) atoms. The first-order valence-electron chi connectivity index (χ1n) is 15.3. The van der Waals surface area contributed by atoms with E-state index in [9.17, 15) is 19.5 Å². The van der Waals surface area contributed by atoms with E-state index in [1.54, 1.807) is 4.90 Å². The van der Waals surface area contributed by atoms with E-state index in [0.29, 0.717) is 5.92 Å². The third-order valence-corrected chi connectivity index (χ3v) is 12.5. The minimum Gasteiger partial charge on any atom is -0.481 e. The number of nitrogens with zero attached hydrogens (tertiary/aromatic N) is 1. The fourth-order valence-electron chi connectivity index (χ4n) is 10.8. The molecule has 6 aliphatic rings. The van der Waals surface area contributed by atoms with Gasteiger partial charge < -0.3 is 5.11 Å². The van der Waals surface area contributed by atoms with Crippen LogP contribution in [0.25, 0.3) is 10.8 Å². The first-order valence-corrected chi connectivity index (χ1v) is 15.3. The fourth-order valence-corrected chi connectivity index (χ4v) is 10.8. The van der Waals surface area contributed by atoms with Gasteiger partial charge in [-0.1, -0.05) is 75.2 Å². The first kappa shape index (κ1) is 26.0. The molecule has 1 aliphatic heterocycles. The topological polar surface area (TPSA) is 74.7 Å². The molecule has 5 nitrogen and oxygen atoms in total. The molecule has 2 amide bonds. The molecule has 4 fully saturated rings. The number of carbonyl (C=O) groups is 3. The van der Waals surface area contributed by atoms with Crippen molar-refractivity contribution < 1.29 is 19.5 Å². The second-order valence-corrected chi connectivity index (χ2v) is 14.4. The molecule has 2 aromatic rings. The molecule has 5 heteroatoms. The summed E-state index contributed by atoms with van der Waals surface area (Å²) in [6, 6.07) is 12.1. The number of carboxylic acid groups (broad SMARTS) is 1. The van der Waals surface area contributed by atoms with E-state index in [1.807, 2.05) is 44.2 Å². The maximum absolute atomic E-state index is 14.7. The Labute approximate surface area is 237 Å². The Morgan fingerprint density at radius 3 is 2.48 bits per heavy atom. The van der Waals surface area contributed by atoms with Gasteiger partial charge in [-0.2, -0.15) is 0 Å². The van der Waals surface area contributed by atoms with Crippen LogP contribution < -0.4 is 4.90 Å². The fraction of sp³-hybridized carbons (Fsp3) is 0.571. The van der Waals surface area contributed by atoms with Crippen LogP contribution in [0.15, 0.2) is 48.0 Å². The molecule has 8 atom stereocenters. The highest BCUT2D eigenvalue weighted by Crippen LogP contribution is 2.74. The van der Waals surface area contributed by atoms with Gasteiger partial charge in [0.2, 0.25) is 11.8 Å². The van der Waals surface area contributed by atoms with Gasteiger partial charge in [-0.05, 0) is 86.0 Å². The predicted octanol–water partition coefficient (Wildman–Crippen LogP) is 7.16. The highest BCUT2D eigenvalue weighted by molar-refractivity contribution is 6.26. The van der Waals surface area contributed by atoms with Gasteiger partial charge in [0.25, 0.3) is 0 Å². The number of hydrogen-bond acceptors (Lipinski definition) is 3. The van der Waals surface area contributed by atoms with Crippen molar-refractivity contribution >= 4 is 34.2 Å². The zero-order chi connectivity index (χ0) is 28.4. The summed E-state index contributed by atoms with van der Waals surface area (Å²) >= 11 is 0. The number of rotatable bonds is 3. The van der Waals surface area contributed by atoms with Crippen molar-refractivity contribution in [2.75, 3.05) is 4.90 Å². The number of fused-ring (bicyclic) bond motifs is 2. The lowest BCUT2D eigenvalue weighted by atomic mass is 9.34. The molecule has 210 valence electrons. The van der Waals surface area contributed by atoms with Gasteiger partial charge in [0.1, 0.15) is 0 Å². The van der Waals surface area contributed by atoms with Crippen molar-refractivity contribution in [3.05, 3.63) is 53.6 Å². The Morgan fingerprint density at radius 2 is 1.75 bits per heavy atom. The predicted molar refractivity (Wildman–Crippen MR) is 156 cm³/mol. The van der Waals surface area contributed by atoms with Crippen LogP contribution in [-0.4, -0.2) is 22.9 Å². The smallest absolute Gasteiger partial charge is 0.309 e. The molecule has 0 radical (unpaired) electrons. The normalized spacial score (nSPS) is 40.2. The molecule has 1 N–H and O–H groups in total. The second kappa shape index (κ2) is 8.30. The van der Waals surface area contributed by atoms with Gasteiger partial charge in [0.15, 0.2) is 0 Å². The largest absolute Gasteiger partial charge is 0.481 e. The zero-order valence-electron chi connectivity index (χ0n) is 24.4. The zero-order valence-corrected chi connectivity index (χ0v) is 24.4. The molecule has 2 aromatic carbocycles. The highest BCUT2D eigenvalue weighted by atomic mass is 16.4. The minimum atomic E-state index is -0.739. The number of anilines is 1. The molecule has 3 saturated carbocycles. The molecule has 1 heterocycles. The van der Waals surface area contributed by atoms with Crippen LogP contribution in [0.5, 0.6) is 0 Å². The van der Waals surface area contributed by atoms with E-state index in [4.69, 9.17) is 0 Å². The lowest BCUT2D eigenvalue weighted by Crippen LogP contribution is -2.65. The monoisotopic (exact) mass is 539 g/mol. The van der Waals surface area contributed by atoms with Crippen molar-refractivity contribution in [1.82, 2.24) is 0 Å². The van der Waals surface area contributed by atoms with E-state index in [1.165, 1.54) is 5.57 Å². The van der Waals surface area contributed by atoms with Crippen molar-refractivity contribution in [2.24, 2.45) is 51.8 Å². The van der Waals surface area contributed by atoms with Crippen molar-refractivity contribution in [2.45, 2.75) is 73.1 Å². The van der Waals surface area contributed by atoms with E-state index in [-0.39, 0.29) is 46.8 Å². The average Bonchev–Trinajstić information content (AvgIpc) is 3.19. The molecular weight excluding hydrogens is 498 g/mol. The molecule has 2 unspecified atom stereocenters. The standard InChI is InChI=1S/C35H41NO4/c1-19(2)24-18-35-16-13-25-33(4,14-8-15-34(25,5)32(39)40)26(35)17-23(24)27-28(35)31(38)36(30(27)37)29-20(3)11-12-21-9-6-7-10-22(21)29/h6-7,9-12,18-19,23,25-28H,8,13-17H2,1-5H3,(H,39,40)/t23-,25?,26?,27+,28-,33-,34+,35-/m0/s1. The molecule has 1 spiro atoms. The number of hydrogen-bond donors (Lipinski definition) is 1. The lowest BCUT2D eigenvalue weighted by Gasteiger charge is -2.68. The Hall–Kier alpha value is -2.95. The van der Waals surface area contributed by atoms with Gasteiger partial charge in [0, 0.05) is 10.8 Å². The van der Waals surface area contributed by atoms with Gasteiger partial charge in [-0.25, -0.2) is 4.90 Å². The second-order valence-electron chi connectivity index (χ2n) is 14.4. The van der Waals surface area contributed by atoms with Crippen LogP contribution in [0.4, 0.5) is 5.69 Å². The number of allylic oxidation sites excluding steroid dienone is 2. The first-order chi connectivity index (χ1) is 19.0. The van der Waals surface area contributed by atoms with Crippen LogP contribution in [-0.2, 0) is 14.4 Å². The van der Waals surface area contributed by atoms with Gasteiger partial charge in [-0.3, -0.25) is 14.4 Å². The average molecular weight is 540 g/mol. The molecular formula is C35H41NO4. The van der Waals surface area contributed by atoms with Crippen molar-refractivity contribution in [3.8, 4) is 0 Å². The van der Waals surface area contributed by atoms with Crippen LogP contribution in [0.2, 0.25) is 0 Å². The summed E-state index contributed by atoms with van der Waals surface area (Å²) < 4.78 is 0. The van der Waals surface area contributed by atoms with E-state index in [2.05, 4.69) is 32.9 Å². The van der Waals surface area contributed by atoms with E-state index in [0.717, 1.165) is 60.5 Å². The van der Waals surface area contributed by atoms with Crippen LogP contribution in [0.3, 0.4) is 0 Å². The number of benzene rings is 2. The SMILES string of the molecule is Cc1ccc2ccccc2c1N1C(=O)[C@H]2[C@@H](C1=O)[C@@]13C=C(C(C)C)[C@@H]2CC1[C@@]1(C)CCC[C@@](C)(C(=O)O)C1CC3. The van der Waals surface area contributed by atoms with Gasteiger partial charge in [0.05, 0.1) is 22.9 Å². The van der Waals surface area contributed by atoms with Crippen LogP contribution in [0, 0.1) is 58.7 Å². The van der Waals surface area contributed by atoms with Gasteiger partial charge >= 0.3 is 5.97 Å². The summed E-state index contributed by atoms with van der Waals surface area (Å²) in [5.41, 5.74) is 1.72. The third kappa shape index (κ3) is 3.02. The number of carboxylic acids is 1. The Morgan fingerprint density at radius 1 is 1.00 bits per heavy atom. The number of imide groups is 1. The molecule has 0 aromatic heterocycles. The van der Waals surface area contributed by atoms with Crippen LogP contribution in [0.1, 0.15) is 71.8 Å². The summed E-state index contributed by atoms with van der Waals surface area (Å²) in [5, 5.41) is 12.4. The van der Waals surface area contributed by atoms with Crippen molar-refractivity contribution in [3.63, 3.8) is 0 Å². The summed E-state index contributed by atoms with van der Waals surface area (Å²) in [7, 11) is 0. The summed E-state index contributed by atoms with van der Waals surface area (Å²) in [6.07, 6.45) is 7.53. The van der Waals surface area contributed by atoms with Crippen LogP contribution >= 0.6 is 0 Å². The third-order valence-electron chi connectivity index (χ3n) is 12.5. The maximum Gasteiger partial charge on any atom is 0.309 e. The summed E-state index contributed by atoms with van der Waals surface area (Å²) in [4.78, 5) is 43.5. The van der Waals surface area contributed by atoms with E-state index < -0.39 is 16.8 Å². The maximum atomic E-state index is 14.7.